The highest BCUT2D eigenvalue weighted by atomic mass is 32.1. The second kappa shape index (κ2) is 9.17. The van der Waals surface area contributed by atoms with Crippen molar-refractivity contribution in [3.8, 4) is 10.6 Å². The molecule has 1 aromatic heterocycles. The van der Waals surface area contributed by atoms with Crippen molar-refractivity contribution in [3.05, 3.63) is 47.2 Å². The van der Waals surface area contributed by atoms with Crippen LogP contribution in [0.3, 0.4) is 0 Å². The summed E-state index contributed by atoms with van der Waals surface area (Å²) in [6.45, 7) is -0.468. The van der Waals surface area contributed by atoms with Gasteiger partial charge in [0.25, 0.3) is 12.3 Å². The third kappa shape index (κ3) is 5.72. The van der Waals surface area contributed by atoms with Crippen LogP contribution in [0.5, 0.6) is 0 Å². The molecule has 1 heterocycles. The Hall–Kier alpha value is -2.63. The number of hydrazine groups is 1. The van der Waals surface area contributed by atoms with Crippen molar-refractivity contribution in [1.29, 1.82) is 0 Å². The molecule has 0 aliphatic carbocycles. The number of nitrogens with two attached hydrogens (primary N) is 2. The normalized spacial score (nSPS) is 12.9. The molecule has 0 fully saturated rings. The van der Waals surface area contributed by atoms with Gasteiger partial charge in [0, 0.05) is 11.8 Å². The Kier molecular flexibility index (Phi) is 6.95. The van der Waals surface area contributed by atoms with Crippen LogP contribution in [-0.4, -0.2) is 45.3 Å². The Morgan fingerprint density at radius 1 is 1.35 bits per heavy atom. The number of benzene rings is 1. The second-order valence-electron chi connectivity index (χ2n) is 5.23. The first-order valence-corrected chi connectivity index (χ1v) is 8.29. The molecule has 6 N–H and O–H groups in total. The van der Waals surface area contributed by atoms with Crippen LogP contribution in [0.15, 0.2) is 42.2 Å². The number of hydrogen-bond donors (Lipinski definition) is 4. The third-order valence-electron chi connectivity index (χ3n) is 3.14. The van der Waals surface area contributed by atoms with Crippen LogP contribution in [0.4, 0.5) is 8.78 Å². The van der Waals surface area contributed by atoms with Gasteiger partial charge in [-0.1, -0.05) is 41.7 Å². The molecule has 0 bridgehead atoms. The molecule has 1 atom stereocenters. The number of aliphatic hydroxyl groups is 1. The molecule has 0 spiro atoms. The van der Waals surface area contributed by atoms with Crippen LogP contribution in [-0.2, 0) is 11.3 Å². The summed E-state index contributed by atoms with van der Waals surface area (Å²) < 4.78 is 24.5. The Labute approximate surface area is 152 Å². The highest BCUT2D eigenvalue weighted by molar-refractivity contribution is 7.14. The first kappa shape index (κ1) is 19.7. The molecular formula is C15H18F2N6O2S. The molecule has 0 radical (unpaired) electrons. The van der Waals surface area contributed by atoms with E-state index in [2.05, 4.69) is 15.5 Å². The second-order valence-corrected chi connectivity index (χ2v) is 6.29. The predicted molar refractivity (Wildman–Crippen MR) is 92.4 cm³/mol. The fraction of sp³-hybridized carbons (Fsp3) is 0.267. The zero-order valence-corrected chi connectivity index (χ0v) is 14.4. The minimum atomic E-state index is -2.94. The van der Waals surface area contributed by atoms with Crippen molar-refractivity contribution in [2.24, 2.45) is 11.6 Å². The van der Waals surface area contributed by atoms with Crippen LogP contribution < -0.4 is 16.9 Å². The first-order chi connectivity index (χ1) is 12.4. The number of carbonyl (C=O) groups excluding carboxylic acids is 1. The summed E-state index contributed by atoms with van der Waals surface area (Å²) in [4.78, 5) is 11.9. The summed E-state index contributed by atoms with van der Waals surface area (Å²) in [6, 6.07) is 9.45. The van der Waals surface area contributed by atoms with E-state index in [1.165, 1.54) is 11.3 Å². The fourth-order valence-electron chi connectivity index (χ4n) is 1.87. The van der Waals surface area contributed by atoms with Crippen LogP contribution in [0, 0.1) is 0 Å². The van der Waals surface area contributed by atoms with E-state index in [-0.39, 0.29) is 12.2 Å². The molecule has 0 aliphatic rings. The monoisotopic (exact) mass is 384 g/mol. The number of aliphatic hydroxyl groups excluding tert-OH is 1. The average molecular weight is 384 g/mol. The molecule has 1 unspecified atom stereocenters. The van der Waals surface area contributed by atoms with Gasteiger partial charge in [-0.25, -0.2) is 14.6 Å². The lowest BCUT2D eigenvalue weighted by Crippen LogP contribution is -2.39. The Morgan fingerprint density at radius 2 is 2.04 bits per heavy atom. The van der Waals surface area contributed by atoms with Crippen molar-refractivity contribution < 1.29 is 18.7 Å². The van der Waals surface area contributed by atoms with E-state index in [0.717, 1.165) is 16.8 Å². The number of nitrogens with one attached hydrogen (secondary N) is 1. The van der Waals surface area contributed by atoms with Crippen LogP contribution >= 0.6 is 11.3 Å². The Balaban J connectivity index is 1.88. The number of alkyl halides is 2. The van der Waals surface area contributed by atoms with Gasteiger partial charge in [-0.3, -0.25) is 4.79 Å². The van der Waals surface area contributed by atoms with Gasteiger partial charge in [0.05, 0.1) is 13.1 Å². The lowest BCUT2D eigenvalue weighted by Gasteiger charge is -2.18. The highest BCUT2D eigenvalue weighted by Gasteiger charge is 2.18. The number of halogens is 2. The van der Waals surface area contributed by atoms with Crippen molar-refractivity contribution in [1.82, 2.24) is 20.5 Å². The number of amides is 1. The topological polar surface area (TPSA) is 130 Å². The minimum absolute atomic E-state index is 0.0993. The molecule has 0 saturated heterocycles. The van der Waals surface area contributed by atoms with Gasteiger partial charge in [0.15, 0.2) is 0 Å². The van der Waals surface area contributed by atoms with E-state index in [4.69, 9.17) is 16.7 Å². The van der Waals surface area contributed by atoms with Gasteiger partial charge in [0.2, 0.25) is 0 Å². The van der Waals surface area contributed by atoms with Crippen LogP contribution in [0.2, 0.25) is 0 Å². The summed E-state index contributed by atoms with van der Waals surface area (Å²) >= 11 is 1.32. The molecule has 11 heteroatoms. The van der Waals surface area contributed by atoms with Gasteiger partial charge < -0.3 is 21.2 Å². The largest absolute Gasteiger partial charge is 0.393 e. The molecule has 1 aromatic carbocycles. The van der Waals surface area contributed by atoms with E-state index in [0.29, 0.717) is 10.0 Å². The SMILES string of the molecule is N/C(=C\N(N)CC(O)C(F)F)C(=O)NCc1nnc(-c2ccccc2)s1. The van der Waals surface area contributed by atoms with Gasteiger partial charge in [-0.05, 0) is 0 Å². The molecule has 26 heavy (non-hydrogen) atoms. The van der Waals surface area contributed by atoms with Gasteiger partial charge >= 0.3 is 0 Å². The summed E-state index contributed by atoms with van der Waals surface area (Å²) in [6.07, 6.45) is -3.91. The standard InChI is InChI=1S/C15H18F2N6O2S/c16-13(17)11(24)8-23(19)7-10(18)14(25)20-6-12-21-22-15(26-12)9-4-2-1-3-5-9/h1-5,7,11,13,24H,6,8,18-19H2,(H,20,25)/b10-7-. The van der Waals surface area contributed by atoms with E-state index >= 15 is 0 Å². The summed E-state index contributed by atoms with van der Waals surface area (Å²) in [5, 5.41) is 21.6. The lowest BCUT2D eigenvalue weighted by atomic mass is 10.2. The first-order valence-electron chi connectivity index (χ1n) is 7.47. The quantitative estimate of drug-likeness (QED) is 0.295. The van der Waals surface area contributed by atoms with Crippen molar-refractivity contribution >= 4 is 17.2 Å². The van der Waals surface area contributed by atoms with E-state index in [1.807, 2.05) is 30.3 Å². The van der Waals surface area contributed by atoms with E-state index < -0.39 is 25.0 Å². The van der Waals surface area contributed by atoms with Crippen molar-refractivity contribution in [2.75, 3.05) is 6.54 Å². The zero-order valence-electron chi connectivity index (χ0n) is 13.5. The minimum Gasteiger partial charge on any atom is -0.393 e. The van der Waals surface area contributed by atoms with E-state index in [1.54, 1.807) is 0 Å². The van der Waals surface area contributed by atoms with Gasteiger partial charge in [-0.15, -0.1) is 10.2 Å². The summed E-state index contributed by atoms with van der Waals surface area (Å²) in [5.41, 5.74) is 6.18. The predicted octanol–water partition coefficient (Wildman–Crippen LogP) is 0.423. The van der Waals surface area contributed by atoms with Gasteiger partial charge in [0.1, 0.15) is 21.8 Å². The Morgan fingerprint density at radius 3 is 2.69 bits per heavy atom. The number of aromatic nitrogens is 2. The third-order valence-corrected chi connectivity index (χ3v) is 4.12. The van der Waals surface area contributed by atoms with Crippen LogP contribution in [0.25, 0.3) is 10.6 Å². The molecule has 0 saturated carbocycles. The molecule has 2 aromatic rings. The number of rotatable bonds is 8. The zero-order chi connectivity index (χ0) is 19.1. The summed E-state index contributed by atoms with van der Waals surface area (Å²) in [7, 11) is 0. The van der Waals surface area contributed by atoms with E-state index in [9.17, 15) is 13.6 Å². The van der Waals surface area contributed by atoms with Gasteiger partial charge in [-0.2, -0.15) is 0 Å². The number of hydrogen-bond acceptors (Lipinski definition) is 8. The number of nitrogens with zero attached hydrogens (tertiary/aromatic N) is 3. The fourth-order valence-corrected chi connectivity index (χ4v) is 2.65. The molecule has 2 rings (SSSR count). The molecule has 0 aliphatic heterocycles. The lowest BCUT2D eigenvalue weighted by molar-refractivity contribution is -0.117. The Bertz CT molecular complexity index is 756. The maximum Gasteiger partial charge on any atom is 0.269 e. The maximum atomic E-state index is 12.2. The summed E-state index contributed by atoms with van der Waals surface area (Å²) in [5.74, 6) is 4.76. The average Bonchev–Trinajstić information content (AvgIpc) is 3.09. The smallest absolute Gasteiger partial charge is 0.269 e. The van der Waals surface area contributed by atoms with Crippen LogP contribution in [0.1, 0.15) is 5.01 Å². The number of carbonyl (C=O) groups is 1. The molecule has 8 nitrogen and oxygen atoms in total. The maximum absolute atomic E-state index is 12.2. The van der Waals surface area contributed by atoms with Crippen molar-refractivity contribution in [3.63, 3.8) is 0 Å². The van der Waals surface area contributed by atoms with Crippen molar-refractivity contribution in [2.45, 2.75) is 19.1 Å². The highest BCUT2D eigenvalue weighted by Crippen LogP contribution is 2.22. The molecule has 140 valence electrons. The molecule has 1 amide bonds. The molecular weight excluding hydrogens is 366 g/mol.